The number of likely N-dealkylation sites (N-methyl/N-ethyl adjacent to an activating group) is 1. The van der Waals surface area contributed by atoms with Gasteiger partial charge in [0.2, 0.25) is 0 Å². The van der Waals surface area contributed by atoms with E-state index in [0.29, 0.717) is 18.0 Å². The normalized spacial score (nSPS) is 15.1. The first-order chi connectivity index (χ1) is 6.62. The molecule has 0 bridgehead atoms. The predicted octanol–water partition coefficient (Wildman–Crippen LogP) is 2.16. The average Bonchev–Trinajstić information content (AvgIpc) is 2.19. The molecule has 0 spiro atoms. The number of nitrogens with one attached hydrogen (secondary N) is 1. The van der Waals surface area contributed by atoms with Crippen molar-refractivity contribution in [2.45, 2.75) is 18.9 Å². The molecule has 0 fully saturated rings. The van der Waals surface area contributed by atoms with E-state index in [2.05, 4.69) is 5.32 Å². The maximum Gasteiger partial charge on any atom is 0.102 e. The van der Waals surface area contributed by atoms with Gasteiger partial charge in [0.05, 0.1) is 0 Å². The van der Waals surface area contributed by atoms with Crippen LogP contribution in [0.5, 0.6) is 0 Å². The van der Waals surface area contributed by atoms with E-state index in [1.165, 1.54) is 0 Å². The maximum atomic E-state index is 10.3. The summed E-state index contributed by atoms with van der Waals surface area (Å²) in [7, 11) is 1.83. The van der Waals surface area contributed by atoms with Crippen LogP contribution < -0.4 is 5.32 Å². The number of rotatable bonds is 4. The zero-order valence-electron chi connectivity index (χ0n) is 8.55. The molecule has 1 rings (SSSR count). The molecule has 1 aromatic carbocycles. The van der Waals surface area contributed by atoms with E-state index in [1.54, 1.807) is 12.1 Å². The van der Waals surface area contributed by atoms with Gasteiger partial charge in [0.1, 0.15) is 5.60 Å². The van der Waals surface area contributed by atoms with E-state index in [0.717, 1.165) is 5.56 Å². The van der Waals surface area contributed by atoms with E-state index in [9.17, 15) is 5.11 Å². The molecule has 0 saturated heterocycles. The van der Waals surface area contributed by atoms with Crippen molar-refractivity contribution in [3.8, 4) is 0 Å². The Hall–Kier alpha value is -0.570. The molecule has 0 heterocycles. The topological polar surface area (TPSA) is 32.3 Å². The van der Waals surface area contributed by atoms with Crippen molar-refractivity contribution in [1.29, 1.82) is 0 Å². The zero-order chi connectivity index (χ0) is 10.6. The van der Waals surface area contributed by atoms with Gasteiger partial charge < -0.3 is 10.4 Å². The molecule has 1 atom stereocenters. The number of hydrogen-bond acceptors (Lipinski definition) is 2. The van der Waals surface area contributed by atoms with Gasteiger partial charge >= 0.3 is 0 Å². The van der Waals surface area contributed by atoms with Crippen molar-refractivity contribution in [2.24, 2.45) is 0 Å². The molecule has 14 heavy (non-hydrogen) atoms. The quantitative estimate of drug-likeness (QED) is 0.804. The van der Waals surface area contributed by atoms with Crippen LogP contribution in [0.4, 0.5) is 0 Å². The van der Waals surface area contributed by atoms with Crippen LogP contribution in [0, 0.1) is 0 Å². The molecule has 1 unspecified atom stereocenters. The van der Waals surface area contributed by atoms with Crippen LogP contribution in [-0.2, 0) is 5.60 Å². The number of benzene rings is 1. The van der Waals surface area contributed by atoms with Crippen LogP contribution in [0.3, 0.4) is 0 Å². The third-order valence-corrected chi connectivity index (χ3v) is 2.69. The van der Waals surface area contributed by atoms with Gasteiger partial charge in [-0.3, -0.25) is 0 Å². The number of hydrogen-bond donors (Lipinski definition) is 2. The van der Waals surface area contributed by atoms with Crippen molar-refractivity contribution >= 4 is 11.6 Å². The standard InChI is InChI=1S/C11H16ClNO/c1-3-11(14,8-13-2)9-4-6-10(12)7-5-9/h4-7,13-14H,3,8H2,1-2H3. The second kappa shape index (κ2) is 4.78. The lowest BCUT2D eigenvalue weighted by molar-refractivity contribution is 0.0346. The Balaban J connectivity index is 2.94. The summed E-state index contributed by atoms with van der Waals surface area (Å²) in [6, 6.07) is 7.33. The Bertz CT molecular complexity index is 286. The molecular weight excluding hydrogens is 198 g/mol. The highest BCUT2D eigenvalue weighted by atomic mass is 35.5. The van der Waals surface area contributed by atoms with Crippen molar-refractivity contribution in [3.63, 3.8) is 0 Å². The van der Waals surface area contributed by atoms with Crippen molar-refractivity contribution in [2.75, 3.05) is 13.6 Å². The van der Waals surface area contributed by atoms with Gasteiger partial charge in [-0.2, -0.15) is 0 Å². The van der Waals surface area contributed by atoms with Crippen LogP contribution in [0.1, 0.15) is 18.9 Å². The smallest absolute Gasteiger partial charge is 0.102 e. The maximum absolute atomic E-state index is 10.3. The third-order valence-electron chi connectivity index (χ3n) is 2.44. The first-order valence-electron chi connectivity index (χ1n) is 4.75. The van der Waals surface area contributed by atoms with Crippen molar-refractivity contribution in [3.05, 3.63) is 34.9 Å². The Morgan fingerprint density at radius 1 is 1.36 bits per heavy atom. The minimum absolute atomic E-state index is 0.547. The molecule has 78 valence electrons. The van der Waals surface area contributed by atoms with Crippen LogP contribution in [0.25, 0.3) is 0 Å². The van der Waals surface area contributed by atoms with Gasteiger partial charge in [-0.05, 0) is 31.2 Å². The molecule has 0 saturated carbocycles. The largest absolute Gasteiger partial charge is 0.384 e. The highest BCUT2D eigenvalue weighted by Crippen LogP contribution is 2.25. The van der Waals surface area contributed by atoms with Crippen LogP contribution in [-0.4, -0.2) is 18.7 Å². The third kappa shape index (κ3) is 2.47. The van der Waals surface area contributed by atoms with E-state index in [1.807, 2.05) is 26.1 Å². The summed E-state index contributed by atoms with van der Waals surface area (Å²) in [6.07, 6.45) is 0.676. The summed E-state index contributed by atoms with van der Waals surface area (Å²) in [5, 5.41) is 14.0. The summed E-state index contributed by atoms with van der Waals surface area (Å²) in [5.74, 6) is 0. The first-order valence-corrected chi connectivity index (χ1v) is 5.13. The van der Waals surface area contributed by atoms with Crippen LogP contribution in [0.15, 0.2) is 24.3 Å². The molecule has 0 aliphatic carbocycles. The molecule has 0 aliphatic rings. The van der Waals surface area contributed by atoms with E-state index < -0.39 is 5.60 Å². The molecule has 2 N–H and O–H groups in total. The summed E-state index contributed by atoms with van der Waals surface area (Å²) in [4.78, 5) is 0. The second-order valence-electron chi connectivity index (χ2n) is 3.42. The van der Waals surface area contributed by atoms with Gasteiger partial charge in [-0.15, -0.1) is 0 Å². The summed E-state index contributed by atoms with van der Waals surface area (Å²) >= 11 is 5.78. The van der Waals surface area contributed by atoms with Crippen molar-refractivity contribution < 1.29 is 5.11 Å². The Morgan fingerprint density at radius 3 is 2.36 bits per heavy atom. The van der Waals surface area contributed by atoms with Gasteiger partial charge in [0.15, 0.2) is 0 Å². The fourth-order valence-electron chi connectivity index (χ4n) is 1.48. The second-order valence-corrected chi connectivity index (χ2v) is 3.86. The Kier molecular flexibility index (Phi) is 3.93. The fourth-order valence-corrected chi connectivity index (χ4v) is 1.61. The van der Waals surface area contributed by atoms with E-state index in [-0.39, 0.29) is 0 Å². The predicted molar refractivity (Wildman–Crippen MR) is 59.6 cm³/mol. The molecule has 0 amide bonds. The van der Waals surface area contributed by atoms with Gasteiger partial charge in [-0.1, -0.05) is 30.7 Å². The lowest BCUT2D eigenvalue weighted by Gasteiger charge is -2.27. The number of halogens is 1. The average molecular weight is 214 g/mol. The lowest BCUT2D eigenvalue weighted by Crippen LogP contribution is -2.35. The van der Waals surface area contributed by atoms with Crippen LogP contribution >= 0.6 is 11.6 Å². The lowest BCUT2D eigenvalue weighted by atomic mass is 9.91. The zero-order valence-corrected chi connectivity index (χ0v) is 9.30. The van der Waals surface area contributed by atoms with Gasteiger partial charge in [0.25, 0.3) is 0 Å². The monoisotopic (exact) mass is 213 g/mol. The molecule has 0 aliphatic heterocycles. The van der Waals surface area contributed by atoms with E-state index in [4.69, 9.17) is 11.6 Å². The Labute approximate surface area is 89.9 Å². The minimum Gasteiger partial charge on any atom is -0.384 e. The van der Waals surface area contributed by atoms with Gasteiger partial charge in [-0.25, -0.2) is 0 Å². The van der Waals surface area contributed by atoms with E-state index >= 15 is 0 Å². The van der Waals surface area contributed by atoms with Crippen molar-refractivity contribution in [1.82, 2.24) is 5.32 Å². The summed E-state index contributed by atoms with van der Waals surface area (Å²) < 4.78 is 0. The SMILES string of the molecule is CCC(O)(CNC)c1ccc(Cl)cc1. The molecule has 1 aromatic rings. The Morgan fingerprint density at radius 2 is 1.93 bits per heavy atom. The number of aliphatic hydroxyl groups is 1. The molecule has 3 heteroatoms. The van der Waals surface area contributed by atoms with Crippen LogP contribution in [0.2, 0.25) is 5.02 Å². The first kappa shape index (κ1) is 11.5. The highest BCUT2D eigenvalue weighted by molar-refractivity contribution is 6.30. The van der Waals surface area contributed by atoms with Gasteiger partial charge in [0, 0.05) is 11.6 Å². The summed E-state index contributed by atoms with van der Waals surface area (Å²) in [5.41, 5.74) is 0.109. The molecule has 0 radical (unpaired) electrons. The minimum atomic E-state index is -0.792. The fraction of sp³-hybridized carbons (Fsp3) is 0.455. The molecular formula is C11H16ClNO. The molecule has 2 nitrogen and oxygen atoms in total. The highest BCUT2D eigenvalue weighted by Gasteiger charge is 2.25. The summed E-state index contributed by atoms with van der Waals surface area (Å²) in [6.45, 7) is 2.51. The molecule has 0 aromatic heterocycles.